The third-order valence-electron chi connectivity index (χ3n) is 0.929. The zero-order valence-electron chi connectivity index (χ0n) is 5.93. The summed E-state index contributed by atoms with van der Waals surface area (Å²) in [5, 5.41) is 8.36. The SMILES string of the molecule is C=C(C)C/C=C\CCO. The number of allylic oxidation sites excluding steroid dienone is 2. The normalized spacial score (nSPS) is 10.4. The monoisotopic (exact) mass is 126 g/mol. The maximum atomic E-state index is 8.36. The Morgan fingerprint density at radius 1 is 1.56 bits per heavy atom. The van der Waals surface area contributed by atoms with Crippen LogP contribution in [0.2, 0.25) is 0 Å². The van der Waals surface area contributed by atoms with E-state index < -0.39 is 0 Å². The highest BCUT2D eigenvalue weighted by molar-refractivity contribution is 4.98. The maximum absolute atomic E-state index is 8.36. The molecule has 0 bridgehead atoms. The van der Waals surface area contributed by atoms with Gasteiger partial charge in [0.15, 0.2) is 0 Å². The molecule has 0 aromatic heterocycles. The van der Waals surface area contributed by atoms with Crippen LogP contribution in [0.25, 0.3) is 0 Å². The molecule has 9 heavy (non-hydrogen) atoms. The lowest BCUT2D eigenvalue weighted by Gasteiger charge is -1.87. The van der Waals surface area contributed by atoms with Crippen LogP contribution < -0.4 is 0 Å². The summed E-state index contributed by atoms with van der Waals surface area (Å²) in [5.41, 5.74) is 1.16. The first kappa shape index (κ1) is 8.44. The first-order valence-corrected chi connectivity index (χ1v) is 3.17. The second-order valence-electron chi connectivity index (χ2n) is 2.14. The average molecular weight is 126 g/mol. The van der Waals surface area contributed by atoms with Crippen LogP contribution in [-0.4, -0.2) is 11.7 Å². The molecule has 0 aliphatic rings. The van der Waals surface area contributed by atoms with Crippen LogP contribution in [0.3, 0.4) is 0 Å². The Hall–Kier alpha value is -0.560. The zero-order chi connectivity index (χ0) is 7.11. The van der Waals surface area contributed by atoms with Crippen LogP contribution in [0.5, 0.6) is 0 Å². The van der Waals surface area contributed by atoms with Crippen LogP contribution in [-0.2, 0) is 0 Å². The Labute approximate surface area is 56.7 Å². The Morgan fingerprint density at radius 2 is 2.22 bits per heavy atom. The summed E-state index contributed by atoms with van der Waals surface area (Å²) in [6.45, 7) is 5.97. The van der Waals surface area contributed by atoms with Gasteiger partial charge in [0.1, 0.15) is 0 Å². The van der Waals surface area contributed by atoms with Gasteiger partial charge in [-0.25, -0.2) is 0 Å². The Bertz CT molecular complexity index is 103. The fourth-order valence-electron chi connectivity index (χ4n) is 0.477. The number of aliphatic hydroxyl groups excluding tert-OH is 1. The summed E-state index contributed by atoms with van der Waals surface area (Å²) < 4.78 is 0. The van der Waals surface area contributed by atoms with Gasteiger partial charge in [0.2, 0.25) is 0 Å². The van der Waals surface area contributed by atoms with Crippen molar-refractivity contribution in [2.45, 2.75) is 19.8 Å². The van der Waals surface area contributed by atoms with E-state index in [0.717, 1.165) is 18.4 Å². The fourth-order valence-corrected chi connectivity index (χ4v) is 0.477. The second-order valence-corrected chi connectivity index (χ2v) is 2.14. The molecule has 0 aliphatic heterocycles. The van der Waals surface area contributed by atoms with Gasteiger partial charge in [0.25, 0.3) is 0 Å². The summed E-state index contributed by atoms with van der Waals surface area (Å²) in [6.07, 6.45) is 5.68. The van der Waals surface area contributed by atoms with Gasteiger partial charge in [0.05, 0.1) is 0 Å². The molecule has 0 atom stereocenters. The topological polar surface area (TPSA) is 20.2 Å². The maximum Gasteiger partial charge on any atom is 0.0465 e. The summed E-state index contributed by atoms with van der Waals surface area (Å²) in [7, 11) is 0. The van der Waals surface area contributed by atoms with Gasteiger partial charge in [-0.1, -0.05) is 24.3 Å². The predicted octanol–water partition coefficient (Wildman–Crippen LogP) is 1.89. The molecule has 0 fully saturated rings. The second kappa shape index (κ2) is 5.57. The molecule has 1 heteroatoms. The number of aliphatic hydroxyl groups is 1. The predicted molar refractivity (Wildman–Crippen MR) is 40.3 cm³/mol. The van der Waals surface area contributed by atoms with E-state index in [1.807, 2.05) is 19.1 Å². The molecule has 0 saturated carbocycles. The Kier molecular flexibility index (Phi) is 5.23. The van der Waals surface area contributed by atoms with Crippen molar-refractivity contribution in [3.05, 3.63) is 24.3 Å². The van der Waals surface area contributed by atoms with Gasteiger partial charge in [-0.05, 0) is 19.8 Å². The highest BCUT2D eigenvalue weighted by atomic mass is 16.2. The molecule has 0 saturated heterocycles. The summed E-state index contributed by atoms with van der Waals surface area (Å²) in [4.78, 5) is 0. The van der Waals surface area contributed by atoms with E-state index >= 15 is 0 Å². The number of rotatable bonds is 4. The van der Waals surface area contributed by atoms with Crippen molar-refractivity contribution in [1.82, 2.24) is 0 Å². The quantitative estimate of drug-likeness (QED) is 0.570. The number of hydrogen-bond donors (Lipinski definition) is 1. The third kappa shape index (κ3) is 7.44. The lowest BCUT2D eigenvalue weighted by atomic mass is 10.2. The van der Waals surface area contributed by atoms with Crippen molar-refractivity contribution in [3.63, 3.8) is 0 Å². The molecule has 1 N–H and O–H groups in total. The molecule has 0 heterocycles. The van der Waals surface area contributed by atoms with Gasteiger partial charge in [-0.3, -0.25) is 0 Å². The highest BCUT2D eigenvalue weighted by Crippen LogP contribution is 1.96. The van der Waals surface area contributed by atoms with Crippen LogP contribution >= 0.6 is 0 Å². The van der Waals surface area contributed by atoms with Gasteiger partial charge in [-0.2, -0.15) is 0 Å². The molecule has 0 unspecified atom stereocenters. The van der Waals surface area contributed by atoms with Gasteiger partial charge in [0, 0.05) is 6.61 Å². The van der Waals surface area contributed by atoms with Crippen LogP contribution in [0, 0.1) is 0 Å². The number of hydrogen-bond acceptors (Lipinski definition) is 1. The van der Waals surface area contributed by atoms with E-state index in [1.165, 1.54) is 0 Å². The van der Waals surface area contributed by atoms with Crippen LogP contribution in [0.15, 0.2) is 24.3 Å². The summed E-state index contributed by atoms with van der Waals surface area (Å²) in [5.74, 6) is 0. The first-order valence-electron chi connectivity index (χ1n) is 3.17. The molecule has 0 spiro atoms. The average Bonchev–Trinajstić information content (AvgIpc) is 1.80. The van der Waals surface area contributed by atoms with Crippen LogP contribution in [0.1, 0.15) is 19.8 Å². The summed E-state index contributed by atoms with van der Waals surface area (Å²) in [6, 6.07) is 0. The van der Waals surface area contributed by atoms with Crippen molar-refractivity contribution < 1.29 is 5.11 Å². The van der Waals surface area contributed by atoms with E-state index in [2.05, 4.69) is 6.58 Å². The van der Waals surface area contributed by atoms with E-state index in [9.17, 15) is 0 Å². The largest absolute Gasteiger partial charge is 0.396 e. The van der Waals surface area contributed by atoms with Gasteiger partial charge >= 0.3 is 0 Å². The molecule has 52 valence electrons. The van der Waals surface area contributed by atoms with E-state index in [-0.39, 0.29) is 6.61 Å². The standard InChI is InChI=1S/C8H14O/c1-8(2)6-4-3-5-7-9/h3-4,9H,1,5-7H2,2H3/b4-3-. The lowest BCUT2D eigenvalue weighted by Crippen LogP contribution is -1.75. The minimum absolute atomic E-state index is 0.243. The summed E-state index contributed by atoms with van der Waals surface area (Å²) >= 11 is 0. The molecule has 0 aliphatic carbocycles. The van der Waals surface area contributed by atoms with E-state index in [1.54, 1.807) is 0 Å². The smallest absolute Gasteiger partial charge is 0.0465 e. The molecule has 0 aromatic carbocycles. The van der Waals surface area contributed by atoms with Crippen molar-refractivity contribution in [1.29, 1.82) is 0 Å². The minimum atomic E-state index is 0.243. The first-order chi connectivity index (χ1) is 4.27. The van der Waals surface area contributed by atoms with Crippen molar-refractivity contribution in [2.75, 3.05) is 6.61 Å². The van der Waals surface area contributed by atoms with Gasteiger partial charge < -0.3 is 5.11 Å². The molecule has 0 rings (SSSR count). The highest BCUT2D eigenvalue weighted by Gasteiger charge is 1.77. The van der Waals surface area contributed by atoms with E-state index in [4.69, 9.17) is 5.11 Å². The van der Waals surface area contributed by atoms with Gasteiger partial charge in [-0.15, -0.1) is 0 Å². The van der Waals surface area contributed by atoms with Crippen LogP contribution in [0.4, 0.5) is 0 Å². The minimum Gasteiger partial charge on any atom is -0.396 e. The fraction of sp³-hybridized carbons (Fsp3) is 0.500. The molecule has 1 nitrogen and oxygen atoms in total. The Morgan fingerprint density at radius 3 is 2.67 bits per heavy atom. The zero-order valence-corrected chi connectivity index (χ0v) is 5.93. The van der Waals surface area contributed by atoms with Crippen molar-refractivity contribution >= 4 is 0 Å². The third-order valence-corrected chi connectivity index (χ3v) is 0.929. The molecule has 0 amide bonds. The molecule has 0 aromatic rings. The lowest BCUT2D eigenvalue weighted by molar-refractivity contribution is 0.302. The van der Waals surface area contributed by atoms with Crippen molar-refractivity contribution in [3.8, 4) is 0 Å². The van der Waals surface area contributed by atoms with E-state index in [0.29, 0.717) is 0 Å². The van der Waals surface area contributed by atoms with Crippen molar-refractivity contribution in [2.24, 2.45) is 0 Å². The molecular weight excluding hydrogens is 112 g/mol. The molecule has 0 radical (unpaired) electrons. The molecular formula is C8H14O. The Balaban J connectivity index is 3.14.